The average molecular weight is 351 g/mol. The molecule has 1 unspecified atom stereocenters. The third kappa shape index (κ3) is 2.68. The fraction of sp³-hybridized carbons (Fsp3) is 0.667. The molecule has 4 bridgehead atoms. The molecule has 4 aliphatic rings. The molecule has 4 saturated carbocycles. The van der Waals surface area contributed by atoms with Gasteiger partial charge in [-0.25, -0.2) is 4.98 Å². The lowest BCUT2D eigenvalue weighted by molar-refractivity contribution is -0.0192. The number of rotatable bonds is 5. The summed E-state index contributed by atoms with van der Waals surface area (Å²) in [6, 6.07) is 3.44. The molecule has 0 saturated heterocycles. The number of nitrogens with zero attached hydrogens (tertiary/aromatic N) is 1. The molecule has 1 amide bonds. The van der Waals surface area contributed by atoms with Crippen LogP contribution in [-0.2, 0) is 0 Å². The second kappa shape index (κ2) is 5.88. The minimum absolute atomic E-state index is 0.153. The molecule has 1 aromatic heterocycles. The number of ether oxygens (including phenoxy) is 1. The first-order valence-electron chi connectivity index (χ1n) is 8.82. The third-order valence-electron chi connectivity index (χ3n) is 5.89. The number of halogens is 1. The summed E-state index contributed by atoms with van der Waals surface area (Å²) < 4.78 is 5.60. The largest absolute Gasteiger partial charge is 0.477 e. The highest BCUT2D eigenvalue weighted by Gasteiger charge is 2.60. The Morgan fingerprint density at radius 1 is 1.42 bits per heavy atom. The van der Waals surface area contributed by atoms with Crippen LogP contribution >= 0.6 is 11.6 Å². The van der Waals surface area contributed by atoms with Gasteiger partial charge in [-0.1, -0.05) is 18.5 Å². The minimum atomic E-state index is -0.475. The van der Waals surface area contributed by atoms with Crippen LogP contribution in [0.4, 0.5) is 0 Å². The normalized spacial score (nSPS) is 36.1. The lowest BCUT2D eigenvalue weighted by atomic mass is 9.76. The molecule has 4 aliphatic carbocycles. The van der Waals surface area contributed by atoms with Crippen LogP contribution in [0, 0.1) is 17.8 Å². The number of aliphatic hydroxyl groups is 1. The van der Waals surface area contributed by atoms with Crippen molar-refractivity contribution in [1.29, 1.82) is 0 Å². The average Bonchev–Trinajstić information content (AvgIpc) is 2.91. The molecule has 0 radical (unpaired) electrons. The van der Waals surface area contributed by atoms with Gasteiger partial charge >= 0.3 is 0 Å². The maximum atomic E-state index is 12.8. The Balaban J connectivity index is 1.51. The Morgan fingerprint density at radius 2 is 2.21 bits per heavy atom. The predicted octanol–water partition coefficient (Wildman–Crippen LogP) is 2.80. The Hall–Kier alpha value is -1.33. The Labute approximate surface area is 146 Å². The van der Waals surface area contributed by atoms with Crippen molar-refractivity contribution >= 4 is 17.5 Å². The molecule has 0 aliphatic heterocycles. The molecule has 1 aromatic rings. The van der Waals surface area contributed by atoms with Crippen molar-refractivity contribution in [3.05, 3.63) is 22.8 Å². The number of aromatic nitrogens is 1. The quantitative estimate of drug-likeness (QED) is 0.801. The van der Waals surface area contributed by atoms with Crippen molar-refractivity contribution < 1.29 is 14.6 Å². The second-order valence-electron chi connectivity index (χ2n) is 7.59. The third-order valence-corrected chi connectivity index (χ3v) is 6.10. The number of hydrogen-bond acceptors (Lipinski definition) is 4. The van der Waals surface area contributed by atoms with E-state index < -0.39 is 5.60 Å². The smallest absolute Gasteiger partial charge is 0.257 e. The highest BCUT2D eigenvalue weighted by Crippen LogP contribution is 2.59. The van der Waals surface area contributed by atoms with Gasteiger partial charge in [0.2, 0.25) is 5.88 Å². The SMILES string of the molecule is CCCOc1nc(Cl)ccc1C(=O)N[C@@H]1[C@@H]2CC3C[C@@](O)(C2)C[C@H]31. The van der Waals surface area contributed by atoms with Crippen LogP contribution in [0.5, 0.6) is 5.88 Å². The maximum absolute atomic E-state index is 12.8. The highest BCUT2D eigenvalue weighted by atomic mass is 35.5. The van der Waals surface area contributed by atoms with Crippen LogP contribution in [0.2, 0.25) is 5.15 Å². The number of hydrogen-bond donors (Lipinski definition) is 2. The number of amides is 1. The molecule has 5 rings (SSSR count). The van der Waals surface area contributed by atoms with E-state index in [1.54, 1.807) is 12.1 Å². The van der Waals surface area contributed by atoms with E-state index in [1.807, 2.05) is 6.92 Å². The fourth-order valence-corrected chi connectivity index (χ4v) is 5.25. The Bertz CT molecular complexity index is 664. The standard InChI is InChI=1S/C18H23ClN2O3/c1-2-5-24-17-12(3-4-14(19)20-17)16(22)21-15-11-6-10-7-18(23,8-11)9-13(10)15/h3-4,10-11,13,15,23H,2,5-9H2,1H3,(H,21,22)/t10?,11-,13-,15-,18-/m1/s1. The molecule has 1 heterocycles. The van der Waals surface area contributed by atoms with Crippen LogP contribution in [0.3, 0.4) is 0 Å². The first-order valence-corrected chi connectivity index (χ1v) is 9.19. The van der Waals surface area contributed by atoms with Gasteiger partial charge in [-0.2, -0.15) is 0 Å². The van der Waals surface area contributed by atoms with Crippen molar-refractivity contribution in [2.24, 2.45) is 17.8 Å². The van der Waals surface area contributed by atoms with E-state index in [4.69, 9.17) is 16.3 Å². The summed E-state index contributed by atoms with van der Waals surface area (Å²) in [4.78, 5) is 16.9. The van der Waals surface area contributed by atoms with Gasteiger partial charge in [0.05, 0.1) is 12.2 Å². The first-order chi connectivity index (χ1) is 11.5. The van der Waals surface area contributed by atoms with Gasteiger partial charge in [0.25, 0.3) is 5.91 Å². The summed E-state index contributed by atoms with van der Waals surface area (Å²) >= 11 is 5.94. The molecule has 2 N–H and O–H groups in total. The molecule has 4 fully saturated rings. The van der Waals surface area contributed by atoms with E-state index in [0.717, 1.165) is 32.1 Å². The highest BCUT2D eigenvalue weighted by molar-refractivity contribution is 6.29. The summed E-state index contributed by atoms with van der Waals surface area (Å²) in [5, 5.41) is 14.0. The summed E-state index contributed by atoms with van der Waals surface area (Å²) in [6.45, 7) is 2.50. The van der Waals surface area contributed by atoms with Crippen molar-refractivity contribution in [1.82, 2.24) is 10.3 Å². The van der Waals surface area contributed by atoms with Gasteiger partial charge in [0.1, 0.15) is 10.7 Å². The van der Waals surface area contributed by atoms with Crippen LogP contribution in [0.1, 0.15) is 49.4 Å². The molecule has 0 aromatic carbocycles. The van der Waals surface area contributed by atoms with E-state index in [2.05, 4.69) is 10.3 Å². The topological polar surface area (TPSA) is 71.5 Å². The Kier molecular flexibility index (Phi) is 3.96. The van der Waals surface area contributed by atoms with Gasteiger partial charge in [-0.05, 0) is 62.0 Å². The van der Waals surface area contributed by atoms with Gasteiger partial charge < -0.3 is 15.2 Å². The maximum Gasteiger partial charge on any atom is 0.257 e. The molecule has 5 atom stereocenters. The summed E-state index contributed by atoms with van der Waals surface area (Å²) in [5.41, 5.74) is -0.0413. The van der Waals surface area contributed by atoms with Gasteiger partial charge in [0.15, 0.2) is 0 Å². The second-order valence-corrected chi connectivity index (χ2v) is 7.98. The van der Waals surface area contributed by atoms with Crippen molar-refractivity contribution in [3.8, 4) is 5.88 Å². The van der Waals surface area contributed by atoms with Crippen LogP contribution in [0.15, 0.2) is 12.1 Å². The number of carbonyl (C=O) groups excluding carboxylic acids is 1. The minimum Gasteiger partial charge on any atom is -0.477 e. The van der Waals surface area contributed by atoms with E-state index in [9.17, 15) is 9.90 Å². The van der Waals surface area contributed by atoms with E-state index in [0.29, 0.717) is 41.0 Å². The predicted molar refractivity (Wildman–Crippen MR) is 90.2 cm³/mol. The summed E-state index contributed by atoms with van der Waals surface area (Å²) in [5.74, 6) is 1.49. The van der Waals surface area contributed by atoms with Crippen LogP contribution < -0.4 is 10.1 Å². The Morgan fingerprint density at radius 3 is 2.96 bits per heavy atom. The molecule has 6 heteroatoms. The molecule has 0 spiro atoms. The zero-order valence-electron chi connectivity index (χ0n) is 13.8. The fourth-order valence-electron chi connectivity index (χ4n) is 5.11. The molecular weight excluding hydrogens is 328 g/mol. The molecule has 24 heavy (non-hydrogen) atoms. The number of nitrogens with one attached hydrogen (secondary N) is 1. The lowest BCUT2D eigenvalue weighted by Crippen LogP contribution is -2.48. The zero-order chi connectivity index (χ0) is 16.9. The van der Waals surface area contributed by atoms with E-state index in [1.165, 1.54) is 0 Å². The van der Waals surface area contributed by atoms with Gasteiger partial charge in [-0.15, -0.1) is 0 Å². The molecular formula is C18H23ClN2O3. The van der Waals surface area contributed by atoms with Crippen molar-refractivity contribution in [2.75, 3.05) is 6.61 Å². The van der Waals surface area contributed by atoms with E-state index in [-0.39, 0.29) is 11.9 Å². The number of carbonyl (C=O) groups is 1. The lowest BCUT2D eigenvalue weighted by Gasteiger charge is -2.38. The van der Waals surface area contributed by atoms with E-state index >= 15 is 0 Å². The molecule has 5 nitrogen and oxygen atoms in total. The molecule has 130 valence electrons. The van der Waals surface area contributed by atoms with Crippen LogP contribution in [0.25, 0.3) is 0 Å². The zero-order valence-corrected chi connectivity index (χ0v) is 14.6. The monoisotopic (exact) mass is 350 g/mol. The number of pyridine rings is 1. The van der Waals surface area contributed by atoms with Crippen molar-refractivity contribution in [3.63, 3.8) is 0 Å². The van der Waals surface area contributed by atoms with Gasteiger partial charge in [-0.3, -0.25) is 4.79 Å². The summed E-state index contributed by atoms with van der Waals surface area (Å²) in [7, 11) is 0. The first kappa shape index (κ1) is 16.2. The van der Waals surface area contributed by atoms with Crippen LogP contribution in [-0.4, -0.2) is 34.2 Å². The van der Waals surface area contributed by atoms with Crippen molar-refractivity contribution in [2.45, 2.75) is 50.7 Å². The summed E-state index contributed by atoms with van der Waals surface area (Å²) in [6.07, 6.45) is 4.48. The van der Waals surface area contributed by atoms with Gasteiger partial charge in [0, 0.05) is 6.04 Å².